The van der Waals surface area contributed by atoms with Crippen LogP contribution in [0.4, 0.5) is 0 Å². The summed E-state index contributed by atoms with van der Waals surface area (Å²) in [4.78, 5) is 12.4. The molecule has 1 atom stereocenters. The number of nitrogens with one attached hydrogen (secondary N) is 1. The fourth-order valence-corrected chi connectivity index (χ4v) is 1.52. The topological polar surface area (TPSA) is 32.3 Å². The summed E-state index contributed by atoms with van der Waals surface area (Å²) in [5.74, 6) is 0. The number of hydrogen-bond donors (Lipinski definition) is 1. The molecule has 3 nitrogen and oxygen atoms in total. The molecule has 0 radical (unpaired) electrons. The van der Waals surface area contributed by atoms with Crippen molar-refractivity contribution in [2.45, 2.75) is 25.8 Å². The Balaban J connectivity index is 2.37. The third-order valence-electron chi connectivity index (χ3n) is 2.15. The van der Waals surface area contributed by atoms with E-state index in [1.165, 1.54) is 0 Å². The molecule has 1 rings (SSSR count). The number of nitrogens with zero attached hydrogens (tertiary/aromatic N) is 1. The van der Waals surface area contributed by atoms with Gasteiger partial charge in [0.2, 0.25) is 6.41 Å². The van der Waals surface area contributed by atoms with Gasteiger partial charge in [0.1, 0.15) is 0 Å². The van der Waals surface area contributed by atoms with Gasteiger partial charge in [0.15, 0.2) is 0 Å². The van der Waals surface area contributed by atoms with Crippen molar-refractivity contribution < 1.29 is 4.79 Å². The minimum atomic E-state index is 0.436. The molecule has 1 aliphatic rings. The lowest BCUT2D eigenvalue weighted by Crippen LogP contribution is -2.50. The molecule has 3 heteroatoms. The minimum absolute atomic E-state index is 0.436. The van der Waals surface area contributed by atoms with E-state index in [1.807, 2.05) is 4.90 Å². The maximum atomic E-state index is 10.5. The predicted octanol–water partition coefficient (Wildman–Crippen LogP) is 0.217. The highest BCUT2D eigenvalue weighted by molar-refractivity contribution is 5.48. The molecule has 64 valence electrons. The van der Waals surface area contributed by atoms with E-state index in [9.17, 15) is 4.79 Å². The van der Waals surface area contributed by atoms with Gasteiger partial charge in [-0.2, -0.15) is 0 Å². The van der Waals surface area contributed by atoms with Crippen LogP contribution in [0, 0.1) is 0 Å². The third-order valence-corrected chi connectivity index (χ3v) is 2.15. The fourth-order valence-electron chi connectivity index (χ4n) is 1.52. The zero-order valence-corrected chi connectivity index (χ0v) is 7.05. The van der Waals surface area contributed by atoms with Crippen molar-refractivity contribution in [1.29, 1.82) is 0 Å². The molecule has 0 saturated carbocycles. The van der Waals surface area contributed by atoms with E-state index in [2.05, 4.69) is 12.2 Å². The SMILES string of the molecule is CCCC1CNCCN1C=O. The van der Waals surface area contributed by atoms with Gasteiger partial charge in [-0.05, 0) is 6.42 Å². The van der Waals surface area contributed by atoms with Crippen molar-refractivity contribution in [1.82, 2.24) is 10.2 Å². The Morgan fingerprint density at radius 2 is 2.55 bits per heavy atom. The van der Waals surface area contributed by atoms with Crippen molar-refractivity contribution in [3.05, 3.63) is 0 Å². The van der Waals surface area contributed by atoms with Crippen molar-refractivity contribution >= 4 is 6.41 Å². The largest absolute Gasteiger partial charge is 0.340 e. The summed E-state index contributed by atoms with van der Waals surface area (Å²) in [7, 11) is 0. The van der Waals surface area contributed by atoms with Gasteiger partial charge in [-0.3, -0.25) is 4.79 Å². The molecular weight excluding hydrogens is 140 g/mol. The van der Waals surface area contributed by atoms with Crippen molar-refractivity contribution in [2.24, 2.45) is 0 Å². The normalized spacial score (nSPS) is 25.2. The summed E-state index contributed by atoms with van der Waals surface area (Å²) >= 11 is 0. The lowest BCUT2D eigenvalue weighted by molar-refractivity contribution is -0.121. The Morgan fingerprint density at radius 3 is 3.18 bits per heavy atom. The van der Waals surface area contributed by atoms with Gasteiger partial charge in [0, 0.05) is 25.7 Å². The molecule has 1 N–H and O–H groups in total. The van der Waals surface area contributed by atoms with Crippen LogP contribution in [0.2, 0.25) is 0 Å². The lowest BCUT2D eigenvalue weighted by Gasteiger charge is -2.33. The standard InChI is InChI=1S/C8H16N2O/c1-2-3-8-6-9-4-5-10(8)7-11/h7-9H,2-6H2,1H3. The van der Waals surface area contributed by atoms with Gasteiger partial charge < -0.3 is 10.2 Å². The zero-order valence-electron chi connectivity index (χ0n) is 7.05. The number of carbonyl (C=O) groups is 1. The maximum absolute atomic E-state index is 10.5. The van der Waals surface area contributed by atoms with E-state index >= 15 is 0 Å². The van der Waals surface area contributed by atoms with Gasteiger partial charge >= 0.3 is 0 Å². The molecule has 0 aromatic carbocycles. The summed E-state index contributed by atoms with van der Waals surface area (Å²) in [5, 5.41) is 3.28. The first-order chi connectivity index (χ1) is 5.38. The van der Waals surface area contributed by atoms with E-state index in [-0.39, 0.29) is 0 Å². The lowest BCUT2D eigenvalue weighted by atomic mass is 10.1. The van der Waals surface area contributed by atoms with Gasteiger partial charge in [0.05, 0.1) is 0 Å². The van der Waals surface area contributed by atoms with Crippen LogP contribution in [-0.2, 0) is 4.79 Å². The number of piperazine rings is 1. The van der Waals surface area contributed by atoms with E-state index in [1.54, 1.807) is 0 Å². The number of carbonyl (C=O) groups excluding carboxylic acids is 1. The third kappa shape index (κ3) is 2.19. The summed E-state index contributed by atoms with van der Waals surface area (Å²) in [6.45, 7) is 4.93. The Kier molecular flexibility index (Phi) is 3.36. The summed E-state index contributed by atoms with van der Waals surface area (Å²) < 4.78 is 0. The first kappa shape index (κ1) is 8.53. The molecule has 0 bridgehead atoms. The average molecular weight is 156 g/mol. The van der Waals surface area contributed by atoms with Crippen LogP contribution in [0.5, 0.6) is 0 Å². The summed E-state index contributed by atoms with van der Waals surface area (Å²) in [5.41, 5.74) is 0. The quantitative estimate of drug-likeness (QED) is 0.593. The van der Waals surface area contributed by atoms with E-state index < -0.39 is 0 Å². The Labute approximate surface area is 67.8 Å². The van der Waals surface area contributed by atoms with E-state index in [4.69, 9.17) is 0 Å². The molecule has 1 aliphatic heterocycles. The molecule has 1 saturated heterocycles. The Hall–Kier alpha value is -0.570. The van der Waals surface area contributed by atoms with Crippen LogP contribution < -0.4 is 5.32 Å². The molecule has 0 aromatic heterocycles. The maximum Gasteiger partial charge on any atom is 0.210 e. The smallest absolute Gasteiger partial charge is 0.210 e. The Bertz CT molecular complexity index is 125. The van der Waals surface area contributed by atoms with Crippen molar-refractivity contribution in [3.8, 4) is 0 Å². The number of rotatable bonds is 3. The van der Waals surface area contributed by atoms with Gasteiger partial charge in [-0.25, -0.2) is 0 Å². The van der Waals surface area contributed by atoms with Crippen molar-refractivity contribution in [2.75, 3.05) is 19.6 Å². The molecule has 1 fully saturated rings. The first-order valence-corrected chi connectivity index (χ1v) is 4.30. The monoisotopic (exact) mass is 156 g/mol. The molecule has 0 aliphatic carbocycles. The van der Waals surface area contributed by atoms with Crippen LogP contribution in [-0.4, -0.2) is 37.0 Å². The van der Waals surface area contributed by atoms with Gasteiger partial charge in [-0.1, -0.05) is 13.3 Å². The fraction of sp³-hybridized carbons (Fsp3) is 0.875. The summed E-state index contributed by atoms with van der Waals surface area (Å²) in [6, 6.07) is 0.436. The molecule has 1 unspecified atom stereocenters. The number of hydrogen-bond acceptors (Lipinski definition) is 2. The zero-order chi connectivity index (χ0) is 8.10. The molecule has 0 aromatic rings. The molecular formula is C8H16N2O. The molecule has 1 amide bonds. The van der Waals surface area contributed by atoms with Crippen LogP contribution >= 0.6 is 0 Å². The van der Waals surface area contributed by atoms with Crippen molar-refractivity contribution in [3.63, 3.8) is 0 Å². The highest BCUT2D eigenvalue weighted by atomic mass is 16.1. The highest BCUT2D eigenvalue weighted by Gasteiger charge is 2.18. The molecule has 0 spiro atoms. The highest BCUT2D eigenvalue weighted by Crippen LogP contribution is 2.06. The minimum Gasteiger partial charge on any atom is -0.340 e. The summed E-state index contributed by atoms with van der Waals surface area (Å²) in [6.07, 6.45) is 3.24. The molecule has 11 heavy (non-hydrogen) atoms. The van der Waals surface area contributed by atoms with Gasteiger partial charge in [-0.15, -0.1) is 0 Å². The average Bonchev–Trinajstić information content (AvgIpc) is 2.06. The molecule has 1 heterocycles. The number of amides is 1. The van der Waals surface area contributed by atoms with E-state index in [0.29, 0.717) is 6.04 Å². The second-order valence-corrected chi connectivity index (χ2v) is 2.99. The van der Waals surface area contributed by atoms with Crippen LogP contribution in [0.25, 0.3) is 0 Å². The predicted molar refractivity (Wildman–Crippen MR) is 44.3 cm³/mol. The van der Waals surface area contributed by atoms with Crippen LogP contribution in [0.15, 0.2) is 0 Å². The van der Waals surface area contributed by atoms with Crippen LogP contribution in [0.1, 0.15) is 19.8 Å². The second-order valence-electron chi connectivity index (χ2n) is 2.99. The van der Waals surface area contributed by atoms with Crippen LogP contribution in [0.3, 0.4) is 0 Å². The van der Waals surface area contributed by atoms with E-state index in [0.717, 1.165) is 38.9 Å². The first-order valence-electron chi connectivity index (χ1n) is 4.30. The second kappa shape index (κ2) is 4.34. The van der Waals surface area contributed by atoms with Gasteiger partial charge in [0.25, 0.3) is 0 Å². The Morgan fingerprint density at radius 1 is 1.73 bits per heavy atom.